The van der Waals surface area contributed by atoms with Gasteiger partial charge in [0, 0.05) is 0 Å². The van der Waals surface area contributed by atoms with E-state index in [1.54, 1.807) is 0 Å². The predicted molar refractivity (Wildman–Crippen MR) is 66.2 cm³/mol. The van der Waals surface area contributed by atoms with Gasteiger partial charge in [0.05, 0.1) is 13.2 Å². The molecule has 0 aliphatic carbocycles. The Bertz CT molecular complexity index is 282. The number of ether oxygens (including phenoxy) is 1. The average molecular weight is 244 g/mol. The molecule has 0 saturated heterocycles. The number of hydrogen-bond donors (Lipinski definition) is 2. The van der Waals surface area contributed by atoms with Crippen LogP contribution in [-0.2, 0) is 14.3 Å². The third kappa shape index (κ3) is 4.73. The molecule has 0 aromatic carbocycles. The minimum absolute atomic E-state index is 0.0430. The highest BCUT2D eigenvalue weighted by Gasteiger charge is 2.32. The lowest BCUT2D eigenvalue weighted by Crippen LogP contribution is -2.54. The summed E-state index contributed by atoms with van der Waals surface area (Å²) < 4.78 is 4.65. The molecule has 0 aliphatic heterocycles. The fourth-order valence-electron chi connectivity index (χ4n) is 1.26. The minimum Gasteiger partial charge on any atom is -0.467 e. The Morgan fingerprint density at radius 1 is 1.24 bits per heavy atom. The van der Waals surface area contributed by atoms with Crippen LogP contribution in [0.4, 0.5) is 0 Å². The van der Waals surface area contributed by atoms with Gasteiger partial charge in [-0.1, -0.05) is 34.6 Å². The molecule has 0 bridgehead atoms. The lowest BCUT2D eigenvalue weighted by Gasteiger charge is -2.28. The van der Waals surface area contributed by atoms with Crippen molar-refractivity contribution in [3.8, 4) is 0 Å². The van der Waals surface area contributed by atoms with E-state index in [0.717, 1.165) is 0 Å². The van der Waals surface area contributed by atoms with Crippen LogP contribution in [0.2, 0.25) is 0 Å². The number of carbonyl (C=O) groups excluding carboxylic acids is 2. The van der Waals surface area contributed by atoms with Crippen molar-refractivity contribution >= 4 is 11.9 Å². The van der Waals surface area contributed by atoms with Crippen molar-refractivity contribution in [3.05, 3.63) is 0 Å². The lowest BCUT2D eigenvalue weighted by molar-refractivity contribution is -0.146. The van der Waals surface area contributed by atoms with Gasteiger partial charge in [0.25, 0.3) is 0 Å². The summed E-state index contributed by atoms with van der Waals surface area (Å²) >= 11 is 0. The molecule has 3 N–H and O–H groups in total. The van der Waals surface area contributed by atoms with Crippen molar-refractivity contribution in [3.63, 3.8) is 0 Å². The molecule has 0 saturated carbocycles. The monoisotopic (exact) mass is 244 g/mol. The van der Waals surface area contributed by atoms with E-state index in [-0.39, 0.29) is 17.2 Å². The molecule has 0 aromatic rings. The zero-order valence-corrected chi connectivity index (χ0v) is 11.5. The van der Waals surface area contributed by atoms with Crippen LogP contribution < -0.4 is 11.1 Å². The summed E-state index contributed by atoms with van der Waals surface area (Å²) in [7, 11) is 1.30. The summed E-state index contributed by atoms with van der Waals surface area (Å²) in [5.74, 6) is -0.824. The molecule has 2 atom stereocenters. The Labute approximate surface area is 103 Å². The highest BCUT2D eigenvalue weighted by atomic mass is 16.5. The van der Waals surface area contributed by atoms with Crippen LogP contribution in [0, 0.1) is 11.3 Å². The van der Waals surface area contributed by atoms with E-state index in [1.165, 1.54) is 7.11 Å². The molecule has 0 aliphatic rings. The Morgan fingerprint density at radius 2 is 1.71 bits per heavy atom. The van der Waals surface area contributed by atoms with Gasteiger partial charge in [-0.15, -0.1) is 0 Å². The van der Waals surface area contributed by atoms with Crippen LogP contribution >= 0.6 is 0 Å². The first kappa shape index (κ1) is 15.9. The Kier molecular flexibility index (Phi) is 5.61. The van der Waals surface area contributed by atoms with Crippen LogP contribution in [-0.4, -0.2) is 31.1 Å². The Hall–Kier alpha value is -1.10. The molecule has 0 radical (unpaired) electrons. The summed E-state index contributed by atoms with van der Waals surface area (Å²) in [6.07, 6.45) is 0. The first-order chi connectivity index (χ1) is 7.61. The predicted octanol–water partition coefficient (Wildman–Crippen LogP) is 0.674. The van der Waals surface area contributed by atoms with Crippen molar-refractivity contribution in [2.45, 2.75) is 46.7 Å². The number of nitrogens with two attached hydrogens (primary N) is 1. The van der Waals surface area contributed by atoms with Crippen molar-refractivity contribution in [1.82, 2.24) is 5.32 Å². The summed E-state index contributed by atoms with van der Waals surface area (Å²) in [4.78, 5) is 23.4. The maximum absolute atomic E-state index is 11.9. The number of hydrogen-bond acceptors (Lipinski definition) is 4. The van der Waals surface area contributed by atoms with Gasteiger partial charge >= 0.3 is 5.97 Å². The van der Waals surface area contributed by atoms with Gasteiger partial charge in [-0.2, -0.15) is 0 Å². The van der Waals surface area contributed by atoms with Crippen LogP contribution in [0.25, 0.3) is 0 Å². The number of rotatable bonds is 4. The molecule has 1 unspecified atom stereocenters. The molecule has 0 aromatic heterocycles. The van der Waals surface area contributed by atoms with E-state index in [0.29, 0.717) is 0 Å². The van der Waals surface area contributed by atoms with E-state index in [2.05, 4.69) is 10.1 Å². The quantitative estimate of drug-likeness (QED) is 0.712. The molecule has 0 fully saturated rings. The average Bonchev–Trinajstić information content (AvgIpc) is 2.21. The van der Waals surface area contributed by atoms with E-state index < -0.39 is 18.1 Å². The maximum Gasteiger partial charge on any atom is 0.328 e. The van der Waals surface area contributed by atoms with E-state index in [1.807, 2.05) is 34.6 Å². The standard InChI is InChI=1S/C12H24N2O3/c1-7(2)8(11(16)17-6)14-10(15)9(13)12(3,4)5/h7-9H,13H2,1-6H3,(H,14,15)/t8-,9?/m0/s1. The number of nitrogens with one attached hydrogen (secondary N) is 1. The topological polar surface area (TPSA) is 81.4 Å². The Balaban J connectivity index is 4.68. The SMILES string of the molecule is COC(=O)[C@@H](NC(=O)C(N)C(C)(C)C)C(C)C. The third-order valence-corrected chi connectivity index (χ3v) is 2.64. The van der Waals surface area contributed by atoms with Gasteiger partial charge in [0.2, 0.25) is 5.91 Å². The molecule has 100 valence electrons. The van der Waals surface area contributed by atoms with Crippen molar-refractivity contribution in [2.24, 2.45) is 17.1 Å². The van der Waals surface area contributed by atoms with E-state index in [4.69, 9.17) is 5.73 Å². The molecule has 0 rings (SSSR count). The van der Waals surface area contributed by atoms with Gasteiger partial charge in [0.15, 0.2) is 0 Å². The number of methoxy groups -OCH3 is 1. The summed E-state index contributed by atoms with van der Waals surface area (Å²) in [5, 5.41) is 2.63. The maximum atomic E-state index is 11.9. The first-order valence-electron chi connectivity index (χ1n) is 5.75. The normalized spacial score (nSPS) is 15.3. The third-order valence-electron chi connectivity index (χ3n) is 2.64. The van der Waals surface area contributed by atoms with Crippen LogP contribution in [0.5, 0.6) is 0 Å². The summed E-state index contributed by atoms with van der Waals surface area (Å²) in [6.45, 7) is 9.30. The van der Waals surface area contributed by atoms with Gasteiger partial charge in [0.1, 0.15) is 6.04 Å². The second kappa shape index (κ2) is 6.00. The molecule has 1 amide bonds. The van der Waals surface area contributed by atoms with E-state index in [9.17, 15) is 9.59 Å². The minimum atomic E-state index is -0.659. The smallest absolute Gasteiger partial charge is 0.328 e. The highest BCUT2D eigenvalue weighted by Crippen LogP contribution is 2.17. The number of carbonyl (C=O) groups is 2. The lowest BCUT2D eigenvalue weighted by atomic mass is 9.86. The van der Waals surface area contributed by atoms with Crippen molar-refractivity contribution in [1.29, 1.82) is 0 Å². The fraction of sp³-hybridized carbons (Fsp3) is 0.833. The molecule has 5 nitrogen and oxygen atoms in total. The molecule has 0 heterocycles. The fourth-order valence-corrected chi connectivity index (χ4v) is 1.26. The second-order valence-electron chi connectivity index (χ2n) is 5.60. The largest absolute Gasteiger partial charge is 0.467 e. The van der Waals surface area contributed by atoms with E-state index >= 15 is 0 Å². The second-order valence-corrected chi connectivity index (χ2v) is 5.60. The number of amides is 1. The summed E-state index contributed by atoms with van der Waals surface area (Å²) in [5.41, 5.74) is 5.47. The van der Waals surface area contributed by atoms with Crippen LogP contribution in [0.15, 0.2) is 0 Å². The van der Waals surface area contributed by atoms with Gasteiger partial charge in [-0.3, -0.25) is 4.79 Å². The van der Waals surface area contributed by atoms with Gasteiger partial charge < -0.3 is 15.8 Å². The van der Waals surface area contributed by atoms with Crippen LogP contribution in [0.3, 0.4) is 0 Å². The van der Waals surface area contributed by atoms with Crippen molar-refractivity contribution < 1.29 is 14.3 Å². The molecule has 0 spiro atoms. The van der Waals surface area contributed by atoms with Crippen LogP contribution in [0.1, 0.15) is 34.6 Å². The molecular weight excluding hydrogens is 220 g/mol. The zero-order valence-electron chi connectivity index (χ0n) is 11.5. The molecule has 5 heteroatoms. The highest BCUT2D eigenvalue weighted by molar-refractivity contribution is 5.88. The van der Waals surface area contributed by atoms with Gasteiger partial charge in [-0.25, -0.2) is 4.79 Å². The number of esters is 1. The molecular formula is C12H24N2O3. The van der Waals surface area contributed by atoms with Crippen molar-refractivity contribution in [2.75, 3.05) is 7.11 Å². The molecule has 17 heavy (non-hydrogen) atoms. The summed E-state index contributed by atoms with van der Waals surface area (Å²) in [6, 6.07) is -1.31. The van der Waals surface area contributed by atoms with Gasteiger partial charge in [-0.05, 0) is 11.3 Å². The zero-order chi connectivity index (χ0) is 13.8. The Morgan fingerprint density at radius 3 is 2.00 bits per heavy atom. The first-order valence-corrected chi connectivity index (χ1v) is 5.75.